The van der Waals surface area contributed by atoms with Gasteiger partial charge in [-0.05, 0) is 12.1 Å². The molecule has 18 heavy (non-hydrogen) atoms. The summed E-state index contributed by atoms with van der Waals surface area (Å²) in [5.41, 5.74) is 2.60. The van der Waals surface area contributed by atoms with Crippen LogP contribution in [0, 0.1) is 0 Å². The van der Waals surface area contributed by atoms with Crippen molar-refractivity contribution >= 4 is 41.3 Å². The highest BCUT2D eigenvalue weighted by atomic mass is 35.5. The maximum absolute atomic E-state index is 11.5. The van der Waals surface area contributed by atoms with Crippen molar-refractivity contribution in [2.45, 2.75) is 0 Å². The maximum Gasteiger partial charge on any atom is 0.348 e. The molecule has 1 aromatic carbocycles. The second kappa shape index (κ2) is 6.78. The van der Waals surface area contributed by atoms with Gasteiger partial charge in [-0.3, -0.25) is 4.79 Å². The average molecular weight is 287 g/mol. The van der Waals surface area contributed by atoms with Gasteiger partial charge in [0.25, 0.3) is 5.91 Å². The maximum atomic E-state index is 11.5. The Kier molecular flexibility index (Phi) is 5.35. The first-order valence-corrected chi connectivity index (χ1v) is 5.45. The van der Waals surface area contributed by atoms with Gasteiger partial charge in [-0.1, -0.05) is 41.4 Å². The lowest BCUT2D eigenvalue weighted by atomic mass is 10.2. The summed E-state index contributed by atoms with van der Waals surface area (Å²) >= 11 is 10.9. The summed E-state index contributed by atoms with van der Waals surface area (Å²) in [7, 11) is 0. The van der Waals surface area contributed by atoms with Gasteiger partial charge in [0.15, 0.2) is 0 Å². The highest BCUT2D eigenvalue weighted by molar-refractivity contribution is 6.51. The van der Waals surface area contributed by atoms with Crippen LogP contribution in [0.2, 0.25) is 0 Å². The fourth-order valence-electron chi connectivity index (χ4n) is 0.960. The Labute approximate surface area is 113 Å². The van der Waals surface area contributed by atoms with E-state index in [-0.39, 0.29) is 5.03 Å². The highest BCUT2D eigenvalue weighted by Gasteiger charge is 2.08. The van der Waals surface area contributed by atoms with Gasteiger partial charge in [-0.15, -0.1) is 0 Å². The highest BCUT2D eigenvalue weighted by Crippen LogP contribution is 2.11. The third-order valence-electron chi connectivity index (χ3n) is 1.78. The first kappa shape index (κ1) is 14.2. The van der Waals surface area contributed by atoms with Crippen LogP contribution < -0.4 is 5.43 Å². The van der Waals surface area contributed by atoms with Gasteiger partial charge >= 0.3 is 5.97 Å². The van der Waals surface area contributed by atoms with Crippen LogP contribution in [0.1, 0.15) is 10.4 Å². The van der Waals surface area contributed by atoms with Crippen LogP contribution in [-0.4, -0.2) is 23.2 Å². The van der Waals surface area contributed by atoms with Gasteiger partial charge < -0.3 is 5.11 Å². The number of rotatable bonds is 4. The standard InChI is InChI=1S/C11H8Cl2N2O3/c12-8(9(13)11(17)18)6-14-15-10(16)7-4-2-1-3-5-7/h1-6H,(H,15,16)(H,17,18)/b9-8-,14-6-. The number of hydrogen-bond donors (Lipinski definition) is 2. The Hall–Kier alpha value is -1.85. The molecule has 2 N–H and O–H groups in total. The van der Waals surface area contributed by atoms with Crippen LogP contribution >= 0.6 is 23.2 Å². The smallest absolute Gasteiger partial charge is 0.348 e. The minimum Gasteiger partial charge on any atom is -0.477 e. The largest absolute Gasteiger partial charge is 0.477 e. The molecule has 0 saturated heterocycles. The number of nitrogens with one attached hydrogen (secondary N) is 1. The monoisotopic (exact) mass is 286 g/mol. The number of carboxylic acid groups (broad SMARTS) is 1. The van der Waals surface area contributed by atoms with E-state index in [0.29, 0.717) is 5.56 Å². The first-order valence-electron chi connectivity index (χ1n) is 4.69. The lowest BCUT2D eigenvalue weighted by Gasteiger charge is -1.98. The zero-order valence-corrected chi connectivity index (χ0v) is 10.4. The molecule has 0 atom stereocenters. The van der Waals surface area contributed by atoms with E-state index in [0.717, 1.165) is 6.21 Å². The summed E-state index contributed by atoms with van der Waals surface area (Å²) in [6.07, 6.45) is 0.943. The van der Waals surface area contributed by atoms with Crippen molar-refractivity contribution in [2.75, 3.05) is 0 Å². The number of amides is 1. The molecule has 1 amide bonds. The summed E-state index contributed by atoms with van der Waals surface area (Å²) in [4.78, 5) is 21.9. The van der Waals surface area contributed by atoms with E-state index in [1.54, 1.807) is 30.3 Å². The van der Waals surface area contributed by atoms with Crippen LogP contribution in [0.4, 0.5) is 0 Å². The average Bonchev–Trinajstić information content (AvgIpc) is 2.38. The summed E-state index contributed by atoms with van der Waals surface area (Å²) in [5.74, 6) is -1.81. The van der Waals surface area contributed by atoms with E-state index < -0.39 is 16.9 Å². The number of hydrazone groups is 1. The number of carbonyl (C=O) groups excluding carboxylic acids is 1. The van der Waals surface area contributed by atoms with Gasteiger partial charge in [0, 0.05) is 5.56 Å². The number of allylic oxidation sites excluding steroid dienone is 1. The van der Waals surface area contributed by atoms with Crippen molar-refractivity contribution in [2.24, 2.45) is 5.10 Å². The van der Waals surface area contributed by atoms with Crippen LogP contribution in [-0.2, 0) is 4.79 Å². The molecule has 0 fully saturated rings. The topological polar surface area (TPSA) is 78.8 Å². The molecule has 0 aliphatic rings. The van der Waals surface area contributed by atoms with Crippen molar-refractivity contribution in [3.05, 3.63) is 46.0 Å². The number of aliphatic carboxylic acids is 1. The zero-order valence-electron chi connectivity index (χ0n) is 8.93. The predicted molar refractivity (Wildman–Crippen MR) is 68.8 cm³/mol. The fourth-order valence-corrected chi connectivity index (χ4v) is 1.14. The van der Waals surface area contributed by atoms with Crippen LogP contribution in [0.3, 0.4) is 0 Å². The second-order valence-corrected chi connectivity index (χ2v) is 3.82. The molecular formula is C11H8Cl2N2O3. The molecule has 0 saturated carbocycles. The molecule has 7 heteroatoms. The molecule has 0 aromatic heterocycles. The third kappa shape index (κ3) is 4.20. The van der Waals surface area contributed by atoms with E-state index in [1.165, 1.54) is 0 Å². The molecule has 1 rings (SSSR count). The summed E-state index contributed by atoms with van der Waals surface area (Å²) in [5, 5.41) is 11.1. The molecule has 0 spiro atoms. The summed E-state index contributed by atoms with van der Waals surface area (Å²) < 4.78 is 0. The number of benzene rings is 1. The first-order chi connectivity index (χ1) is 8.52. The molecule has 0 unspecified atom stereocenters. The third-order valence-corrected chi connectivity index (χ3v) is 2.53. The minimum atomic E-state index is -1.37. The lowest BCUT2D eigenvalue weighted by Crippen LogP contribution is -2.17. The second-order valence-electron chi connectivity index (χ2n) is 3.03. The van der Waals surface area contributed by atoms with Crippen molar-refractivity contribution in [3.8, 4) is 0 Å². The van der Waals surface area contributed by atoms with E-state index in [4.69, 9.17) is 28.3 Å². The van der Waals surface area contributed by atoms with Crippen LogP contribution in [0.5, 0.6) is 0 Å². The van der Waals surface area contributed by atoms with E-state index in [2.05, 4.69) is 10.5 Å². The molecule has 5 nitrogen and oxygen atoms in total. The number of carboxylic acids is 1. The molecule has 0 bridgehead atoms. The van der Waals surface area contributed by atoms with Crippen molar-refractivity contribution in [1.29, 1.82) is 0 Å². The quantitative estimate of drug-likeness (QED) is 0.506. The molecule has 0 radical (unpaired) electrons. The van der Waals surface area contributed by atoms with Gasteiger partial charge in [0.05, 0.1) is 11.2 Å². The number of halogens is 2. The Morgan fingerprint density at radius 3 is 2.39 bits per heavy atom. The normalized spacial score (nSPS) is 12.1. The molecule has 0 aliphatic carbocycles. The molecule has 94 valence electrons. The van der Waals surface area contributed by atoms with Gasteiger partial charge in [0.2, 0.25) is 0 Å². The molecule has 0 heterocycles. The van der Waals surface area contributed by atoms with Gasteiger partial charge in [-0.2, -0.15) is 5.10 Å². The zero-order chi connectivity index (χ0) is 13.5. The summed E-state index contributed by atoms with van der Waals surface area (Å²) in [6, 6.07) is 8.38. The molecular weight excluding hydrogens is 279 g/mol. The van der Waals surface area contributed by atoms with Crippen LogP contribution in [0.15, 0.2) is 45.5 Å². The Morgan fingerprint density at radius 1 is 1.22 bits per heavy atom. The van der Waals surface area contributed by atoms with Crippen molar-refractivity contribution in [3.63, 3.8) is 0 Å². The van der Waals surface area contributed by atoms with Gasteiger partial charge in [0.1, 0.15) is 5.03 Å². The van der Waals surface area contributed by atoms with Crippen LogP contribution in [0.25, 0.3) is 0 Å². The van der Waals surface area contributed by atoms with E-state index >= 15 is 0 Å². The minimum absolute atomic E-state index is 0.280. The number of nitrogens with zero attached hydrogens (tertiary/aromatic N) is 1. The summed E-state index contributed by atoms with van der Waals surface area (Å²) in [6.45, 7) is 0. The lowest BCUT2D eigenvalue weighted by molar-refractivity contribution is -0.131. The number of carbonyl (C=O) groups is 2. The SMILES string of the molecule is O=C(O)/C(Cl)=C(Cl)\C=N/NC(=O)c1ccccc1. The van der Waals surface area contributed by atoms with Crippen molar-refractivity contribution in [1.82, 2.24) is 5.43 Å². The van der Waals surface area contributed by atoms with E-state index in [1.807, 2.05) is 0 Å². The van der Waals surface area contributed by atoms with E-state index in [9.17, 15) is 9.59 Å². The Bertz CT molecular complexity index is 512. The Morgan fingerprint density at radius 2 is 1.83 bits per heavy atom. The number of hydrogen-bond acceptors (Lipinski definition) is 3. The van der Waals surface area contributed by atoms with Crippen molar-refractivity contribution < 1.29 is 14.7 Å². The van der Waals surface area contributed by atoms with Gasteiger partial charge in [-0.25, -0.2) is 10.2 Å². The molecule has 0 aliphatic heterocycles. The predicted octanol–water partition coefficient (Wildman–Crippen LogP) is 2.18. The Balaban J connectivity index is 2.64. The fraction of sp³-hybridized carbons (Fsp3) is 0. The molecule has 1 aromatic rings.